The van der Waals surface area contributed by atoms with E-state index in [0.717, 1.165) is 30.0 Å². The summed E-state index contributed by atoms with van der Waals surface area (Å²) in [5, 5.41) is 13.2. The number of aromatic nitrogens is 2. The second-order valence-corrected chi connectivity index (χ2v) is 7.13. The number of rotatable bonds is 6. The lowest BCUT2D eigenvalue weighted by Gasteiger charge is -2.25. The maximum absolute atomic E-state index is 12.2. The summed E-state index contributed by atoms with van der Waals surface area (Å²) < 4.78 is 7.08. The van der Waals surface area contributed by atoms with Gasteiger partial charge in [-0.15, -0.1) is 11.3 Å². The van der Waals surface area contributed by atoms with E-state index >= 15 is 0 Å². The van der Waals surface area contributed by atoms with Gasteiger partial charge in [0.2, 0.25) is 0 Å². The molecule has 134 valence electrons. The summed E-state index contributed by atoms with van der Waals surface area (Å²) in [6, 6.07) is 13.7. The number of hydrogen-bond donors (Lipinski definition) is 2. The summed E-state index contributed by atoms with van der Waals surface area (Å²) in [5.41, 5.74) is 2.26. The van der Waals surface area contributed by atoms with Gasteiger partial charge in [-0.25, -0.2) is 4.68 Å². The number of hydrogen-bond acceptors (Lipinski definition) is 5. The van der Waals surface area contributed by atoms with Gasteiger partial charge in [-0.1, -0.05) is 18.2 Å². The van der Waals surface area contributed by atoms with Crippen molar-refractivity contribution in [2.24, 2.45) is 0 Å². The minimum Gasteiger partial charge on any atom is -0.497 e. The van der Waals surface area contributed by atoms with Gasteiger partial charge in [0.25, 0.3) is 5.91 Å². The van der Waals surface area contributed by atoms with Crippen molar-refractivity contribution in [1.82, 2.24) is 20.4 Å². The number of fused-ring (bicyclic) bond motifs is 1. The van der Waals surface area contributed by atoms with Gasteiger partial charge in [0.05, 0.1) is 19.3 Å². The molecule has 2 N–H and O–H groups in total. The predicted octanol–water partition coefficient (Wildman–Crippen LogP) is 2.69. The summed E-state index contributed by atoms with van der Waals surface area (Å²) in [6.45, 7) is 1.35. The van der Waals surface area contributed by atoms with E-state index in [9.17, 15) is 4.79 Å². The van der Waals surface area contributed by atoms with Crippen molar-refractivity contribution >= 4 is 17.2 Å². The van der Waals surface area contributed by atoms with Crippen LogP contribution in [0.25, 0.3) is 11.3 Å². The van der Waals surface area contributed by atoms with Gasteiger partial charge in [0.1, 0.15) is 17.6 Å². The lowest BCUT2D eigenvalue weighted by atomic mass is 10.1. The molecule has 3 aromatic rings. The highest BCUT2D eigenvalue weighted by atomic mass is 32.1. The van der Waals surface area contributed by atoms with Gasteiger partial charge in [-0.3, -0.25) is 10.1 Å². The predicted molar refractivity (Wildman–Crippen MR) is 102 cm³/mol. The van der Waals surface area contributed by atoms with Gasteiger partial charge in [0.15, 0.2) is 0 Å². The Bertz CT molecular complexity index is 904. The number of carbonyl (C=O) groups is 1. The highest BCUT2D eigenvalue weighted by Crippen LogP contribution is 2.25. The fraction of sp³-hybridized carbons (Fsp3) is 0.263. The van der Waals surface area contributed by atoms with E-state index in [1.165, 1.54) is 4.88 Å². The number of methoxy groups -OCH3 is 1. The van der Waals surface area contributed by atoms with Crippen molar-refractivity contribution in [3.8, 4) is 17.0 Å². The number of amides is 1. The number of carbonyl (C=O) groups excluding carboxylic acids is 1. The van der Waals surface area contributed by atoms with Crippen molar-refractivity contribution in [2.75, 3.05) is 20.2 Å². The highest BCUT2D eigenvalue weighted by molar-refractivity contribution is 7.09. The molecule has 7 heteroatoms. The van der Waals surface area contributed by atoms with Gasteiger partial charge in [-0.05, 0) is 36.1 Å². The molecule has 0 unspecified atom stereocenters. The molecule has 4 rings (SSSR count). The van der Waals surface area contributed by atoms with Crippen molar-refractivity contribution in [1.29, 1.82) is 0 Å². The van der Waals surface area contributed by atoms with E-state index < -0.39 is 0 Å². The number of nitrogens with zero attached hydrogens (tertiary/aromatic N) is 2. The summed E-state index contributed by atoms with van der Waals surface area (Å²) in [7, 11) is 1.64. The molecule has 1 aliphatic rings. The second-order valence-electron chi connectivity index (χ2n) is 6.10. The largest absolute Gasteiger partial charge is 0.497 e. The normalized spacial score (nSPS) is 16.2. The summed E-state index contributed by atoms with van der Waals surface area (Å²) in [5.74, 6) is 0.673. The Hall–Kier alpha value is -2.64. The Morgan fingerprint density at radius 3 is 3.08 bits per heavy atom. The van der Waals surface area contributed by atoms with Crippen LogP contribution in [-0.4, -0.2) is 35.9 Å². The third-order valence-electron chi connectivity index (χ3n) is 4.42. The molecule has 0 radical (unpaired) electrons. The smallest absolute Gasteiger partial charge is 0.269 e. The number of thiophene rings is 1. The van der Waals surface area contributed by atoms with Crippen LogP contribution in [0.2, 0.25) is 0 Å². The van der Waals surface area contributed by atoms with E-state index in [1.807, 2.05) is 30.3 Å². The molecule has 0 spiro atoms. The summed E-state index contributed by atoms with van der Waals surface area (Å²) in [6.07, 6.45) is 0.906. The SMILES string of the molecule is COc1cccc(-c2cc3n(n2)[C@H](NCCc2cccs2)CNC3=O)c1. The molecular formula is C19H20N4O2S. The van der Waals surface area contributed by atoms with Crippen LogP contribution in [0.5, 0.6) is 5.75 Å². The van der Waals surface area contributed by atoms with Crippen LogP contribution in [0.4, 0.5) is 0 Å². The van der Waals surface area contributed by atoms with Crippen LogP contribution in [-0.2, 0) is 6.42 Å². The van der Waals surface area contributed by atoms with Crippen molar-refractivity contribution < 1.29 is 9.53 Å². The fourth-order valence-electron chi connectivity index (χ4n) is 3.07. The topological polar surface area (TPSA) is 68.2 Å². The first-order valence-corrected chi connectivity index (χ1v) is 9.40. The van der Waals surface area contributed by atoms with E-state index in [4.69, 9.17) is 4.74 Å². The Morgan fingerprint density at radius 1 is 1.35 bits per heavy atom. The minimum atomic E-state index is -0.0945. The maximum Gasteiger partial charge on any atom is 0.269 e. The van der Waals surface area contributed by atoms with Crippen molar-refractivity contribution in [3.05, 3.63) is 58.4 Å². The zero-order valence-electron chi connectivity index (χ0n) is 14.4. The van der Waals surface area contributed by atoms with Crippen LogP contribution in [0.3, 0.4) is 0 Å². The van der Waals surface area contributed by atoms with Crippen LogP contribution in [0.1, 0.15) is 21.5 Å². The van der Waals surface area contributed by atoms with E-state index in [2.05, 4.69) is 33.2 Å². The van der Waals surface area contributed by atoms with Gasteiger partial charge < -0.3 is 10.1 Å². The molecule has 0 fully saturated rings. The molecule has 1 aromatic carbocycles. The van der Waals surface area contributed by atoms with Crippen LogP contribution in [0, 0.1) is 0 Å². The average Bonchev–Trinajstić information content (AvgIpc) is 3.34. The molecule has 0 saturated heterocycles. The number of nitrogens with one attached hydrogen (secondary N) is 2. The molecule has 1 atom stereocenters. The number of ether oxygens (including phenoxy) is 1. The van der Waals surface area contributed by atoms with E-state index in [-0.39, 0.29) is 12.1 Å². The first-order chi connectivity index (χ1) is 12.7. The Balaban J connectivity index is 1.55. The molecule has 26 heavy (non-hydrogen) atoms. The van der Waals surface area contributed by atoms with Crippen LogP contribution in [0.15, 0.2) is 47.8 Å². The van der Waals surface area contributed by atoms with Gasteiger partial charge >= 0.3 is 0 Å². The van der Waals surface area contributed by atoms with Gasteiger partial charge in [0, 0.05) is 17.0 Å². The standard InChI is InChI=1S/C19H20N4O2S/c1-25-14-5-2-4-13(10-14)16-11-17-19(24)21-12-18(23(17)22-16)20-8-7-15-6-3-9-26-15/h2-6,9-11,18,20H,7-8,12H2,1H3,(H,21,24)/t18-/m0/s1. The molecule has 6 nitrogen and oxygen atoms in total. The molecule has 3 heterocycles. The Kier molecular flexibility index (Phi) is 4.73. The quantitative estimate of drug-likeness (QED) is 0.702. The number of benzene rings is 1. The third-order valence-corrected chi connectivity index (χ3v) is 5.35. The monoisotopic (exact) mass is 368 g/mol. The molecule has 0 saturated carbocycles. The molecule has 1 amide bonds. The molecular weight excluding hydrogens is 348 g/mol. The molecule has 0 bridgehead atoms. The summed E-state index contributed by atoms with van der Waals surface area (Å²) >= 11 is 1.76. The zero-order chi connectivity index (χ0) is 17.9. The highest BCUT2D eigenvalue weighted by Gasteiger charge is 2.27. The fourth-order valence-corrected chi connectivity index (χ4v) is 3.78. The lowest BCUT2D eigenvalue weighted by Crippen LogP contribution is -2.45. The van der Waals surface area contributed by atoms with Crippen molar-refractivity contribution in [3.63, 3.8) is 0 Å². The Labute approximate surface area is 155 Å². The van der Waals surface area contributed by atoms with Crippen LogP contribution < -0.4 is 15.4 Å². The summed E-state index contributed by atoms with van der Waals surface area (Å²) in [4.78, 5) is 13.6. The zero-order valence-corrected chi connectivity index (χ0v) is 15.3. The lowest BCUT2D eigenvalue weighted by molar-refractivity contribution is 0.0901. The third kappa shape index (κ3) is 3.36. The maximum atomic E-state index is 12.2. The molecule has 2 aromatic heterocycles. The second kappa shape index (κ2) is 7.31. The van der Waals surface area contributed by atoms with E-state index in [0.29, 0.717) is 12.2 Å². The van der Waals surface area contributed by atoms with Gasteiger partial charge in [-0.2, -0.15) is 5.10 Å². The van der Waals surface area contributed by atoms with E-state index in [1.54, 1.807) is 23.1 Å². The first-order valence-electron chi connectivity index (χ1n) is 8.52. The molecule has 1 aliphatic heterocycles. The first kappa shape index (κ1) is 16.8. The minimum absolute atomic E-state index is 0.0537. The molecule has 0 aliphatic carbocycles. The average molecular weight is 368 g/mol. The Morgan fingerprint density at radius 2 is 2.27 bits per heavy atom. The van der Waals surface area contributed by atoms with Crippen LogP contribution >= 0.6 is 11.3 Å². The van der Waals surface area contributed by atoms with Crippen molar-refractivity contribution in [2.45, 2.75) is 12.6 Å².